The lowest BCUT2D eigenvalue weighted by atomic mass is 10.0. The normalized spacial score (nSPS) is 17.7. The summed E-state index contributed by atoms with van der Waals surface area (Å²) in [6, 6.07) is 0. The molecule has 1 fully saturated rings. The van der Waals surface area contributed by atoms with Crippen LogP contribution >= 0.6 is 23.8 Å². The smallest absolute Gasteiger partial charge is 0.0814 e. The summed E-state index contributed by atoms with van der Waals surface area (Å²) in [4.78, 5) is 0.600. The van der Waals surface area contributed by atoms with E-state index in [1.807, 2.05) is 11.6 Å². The molecule has 0 amide bonds. The summed E-state index contributed by atoms with van der Waals surface area (Å²) < 4.78 is 1.95. The number of thiocarbonyl (C=S) groups is 1. The minimum atomic E-state index is 0.256. The van der Waals surface area contributed by atoms with Crippen LogP contribution in [-0.4, -0.2) is 14.8 Å². The molecule has 1 aromatic heterocycles. The monoisotopic (exact) mass is 243 g/mol. The quantitative estimate of drug-likeness (QED) is 0.826. The van der Waals surface area contributed by atoms with Gasteiger partial charge in [-0.05, 0) is 25.2 Å². The average molecular weight is 244 g/mol. The molecule has 0 saturated heterocycles. The molecular weight excluding hydrogens is 230 g/mol. The van der Waals surface area contributed by atoms with Gasteiger partial charge >= 0.3 is 0 Å². The van der Waals surface area contributed by atoms with Crippen LogP contribution in [0.2, 0.25) is 5.02 Å². The Balaban J connectivity index is 2.09. The standard InChI is InChI=1S/C10H14ClN3S/c1-7-8(11)5-13-14(7)6-10(2-3-10)4-9(12)15/h5H,2-4,6H2,1H3,(H2,12,15). The summed E-state index contributed by atoms with van der Waals surface area (Å²) in [6.07, 6.45) is 4.87. The summed E-state index contributed by atoms with van der Waals surface area (Å²) in [6.45, 7) is 2.86. The van der Waals surface area contributed by atoms with Crippen LogP contribution in [0.25, 0.3) is 0 Å². The number of aromatic nitrogens is 2. The van der Waals surface area contributed by atoms with Gasteiger partial charge in [0.05, 0.1) is 21.9 Å². The fourth-order valence-corrected chi connectivity index (χ4v) is 2.29. The van der Waals surface area contributed by atoms with Crippen molar-refractivity contribution in [2.75, 3.05) is 0 Å². The molecule has 1 aliphatic rings. The van der Waals surface area contributed by atoms with Crippen molar-refractivity contribution in [3.05, 3.63) is 16.9 Å². The molecule has 1 heterocycles. The summed E-state index contributed by atoms with van der Waals surface area (Å²) in [5, 5.41) is 4.97. The number of nitrogens with zero attached hydrogens (tertiary/aromatic N) is 2. The van der Waals surface area contributed by atoms with Crippen molar-refractivity contribution in [3.8, 4) is 0 Å². The number of hydrogen-bond donors (Lipinski definition) is 1. The van der Waals surface area contributed by atoms with Gasteiger partial charge in [-0.3, -0.25) is 4.68 Å². The van der Waals surface area contributed by atoms with Crippen molar-refractivity contribution in [2.24, 2.45) is 11.1 Å². The zero-order valence-corrected chi connectivity index (χ0v) is 10.2. The lowest BCUT2D eigenvalue weighted by Crippen LogP contribution is -2.20. The molecule has 0 bridgehead atoms. The topological polar surface area (TPSA) is 43.8 Å². The van der Waals surface area contributed by atoms with E-state index in [0.29, 0.717) is 4.99 Å². The van der Waals surface area contributed by atoms with Crippen molar-refractivity contribution in [2.45, 2.75) is 32.7 Å². The summed E-state index contributed by atoms with van der Waals surface area (Å²) in [5.41, 5.74) is 6.87. The molecule has 0 atom stereocenters. The predicted molar refractivity (Wildman–Crippen MR) is 65.0 cm³/mol. The third-order valence-corrected chi connectivity index (χ3v) is 3.55. The van der Waals surface area contributed by atoms with Crippen LogP contribution in [0.4, 0.5) is 0 Å². The minimum Gasteiger partial charge on any atom is -0.393 e. The van der Waals surface area contributed by atoms with E-state index >= 15 is 0 Å². The van der Waals surface area contributed by atoms with Crippen LogP contribution in [0.1, 0.15) is 25.0 Å². The average Bonchev–Trinajstić information content (AvgIpc) is 2.82. The van der Waals surface area contributed by atoms with Crippen LogP contribution in [0.3, 0.4) is 0 Å². The van der Waals surface area contributed by atoms with Gasteiger partial charge < -0.3 is 5.73 Å². The molecule has 1 aromatic rings. The van der Waals surface area contributed by atoms with Crippen molar-refractivity contribution in [1.82, 2.24) is 9.78 Å². The van der Waals surface area contributed by atoms with Gasteiger partial charge in [-0.2, -0.15) is 5.10 Å². The van der Waals surface area contributed by atoms with Gasteiger partial charge in [0.15, 0.2) is 0 Å². The molecule has 3 nitrogen and oxygen atoms in total. The second kappa shape index (κ2) is 3.76. The number of hydrogen-bond acceptors (Lipinski definition) is 2. The second-order valence-corrected chi connectivity index (χ2v) is 5.31. The molecule has 1 aliphatic carbocycles. The Bertz CT molecular complexity index is 395. The highest BCUT2D eigenvalue weighted by atomic mass is 35.5. The fourth-order valence-electron chi connectivity index (χ4n) is 1.84. The highest BCUT2D eigenvalue weighted by Crippen LogP contribution is 2.50. The van der Waals surface area contributed by atoms with E-state index in [-0.39, 0.29) is 5.41 Å². The molecular formula is C10H14ClN3S. The zero-order chi connectivity index (χ0) is 11.1. The zero-order valence-electron chi connectivity index (χ0n) is 8.66. The van der Waals surface area contributed by atoms with Gasteiger partial charge in [0.1, 0.15) is 0 Å². The van der Waals surface area contributed by atoms with E-state index in [1.54, 1.807) is 6.20 Å². The Kier molecular flexibility index (Phi) is 2.73. The van der Waals surface area contributed by atoms with Crippen LogP contribution < -0.4 is 5.73 Å². The fraction of sp³-hybridized carbons (Fsp3) is 0.600. The van der Waals surface area contributed by atoms with Crippen molar-refractivity contribution >= 4 is 28.8 Å². The Morgan fingerprint density at radius 1 is 1.73 bits per heavy atom. The Hall–Kier alpha value is -0.610. The molecule has 0 aromatic carbocycles. The van der Waals surface area contributed by atoms with Gasteiger partial charge in [0.2, 0.25) is 0 Å². The first-order valence-electron chi connectivity index (χ1n) is 4.99. The van der Waals surface area contributed by atoms with Crippen molar-refractivity contribution < 1.29 is 0 Å². The van der Waals surface area contributed by atoms with Gasteiger partial charge in [-0.25, -0.2) is 0 Å². The molecule has 15 heavy (non-hydrogen) atoms. The molecule has 0 radical (unpaired) electrons. The van der Waals surface area contributed by atoms with Gasteiger partial charge in [-0.15, -0.1) is 0 Å². The maximum Gasteiger partial charge on any atom is 0.0814 e. The van der Waals surface area contributed by atoms with Gasteiger partial charge in [-0.1, -0.05) is 23.8 Å². The maximum atomic E-state index is 5.95. The largest absolute Gasteiger partial charge is 0.393 e. The molecule has 5 heteroatoms. The van der Waals surface area contributed by atoms with Crippen LogP contribution in [0.15, 0.2) is 6.20 Å². The van der Waals surface area contributed by atoms with E-state index in [9.17, 15) is 0 Å². The third kappa shape index (κ3) is 2.32. The van der Waals surface area contributed by atoms with Gasteiger partial charge in [0.25, 0.3) is 0 Å². The van der Waals surface area contributed by atoms with E-state index in [0.717, 1.165) is 23.7 Å². The maximum absolute atomic E-state index is 5.95. The first-order chi connectivity index (χ1) is 7.02. The number of rotatable bonds is 4. The molecule has 1 saturated carbocycles. The molecule has 0 spiro atoms. The van der Waals surface area contributed by atoms with Crippen molar-refractivity contribution in [1.29, 1.82) is 0 Å². The molecule has 0 unspecified atom stereocenters. The number of nitrogens with two attached hydrogens (primary N) is 1. The minimum absolute atomic E-state index is 0.256. The molecule has 0 aliphatic heterocycles. The van der Waals surface area contributed by atoms with E-state index in [2.05, 4.69) is 5.10 Å². The van der Waals surface area contributed by atoms with Crippen LogP contribution in [-0.2, 0) is 6.54 Å². The Morgan fingerprint density at radius 3 is 2.80 bits per heavy atom. The number of halogens is 1. The molecule has 2 N–H and O–H groups in total. The lowest BCUT2D eigenvalue weighted by Gasteiger charge is -2.15. The molecule has 2 rings (SSSR count). The first kappa shape index (κ1) is 10.9. The highest BCUT2D eigenvalue weighted by molar-refractivity contribution is 7.80. The first-order valence-corrected chi connectivity index (χ1v) is 5.77. The highest BCUT2D eigenvalue weighted by Gasteiger charge is 2.43. The summed E-state index contributed by atoms with van der Waals surface area (Å²) in [7, 11) is 0. The van der Waals surface area contributed by atoms with Gasteiger partial charge in [0, 0.05) is 13.0 Å². The molecule has 82 valence electrons. The van der Waals surface area contributed by atoms with Crippen LogP contribution in [0.5, 0.6) is 0 Å². The lowest BCUT2D eigenvalue weighted by molar-refractivity contribution is 0.405. The summed E-state index contributed by atoms with van der Waals surface area (Å²) >= 11 is 10.9. The van der Waals surface area contributed by atoms with E-state index < -0.39 is 0 Å². The second-order valence-electron chi connectivity index (χ2n) is 4.38. The third-order valence-electron chi connectivity index (χ3n) is 3.03. The van der Waals surface area contributed by atoms with E-state index in [1.165, 1.54) is 12.8 Å². The van der Waals surface area contributed by atoms with Crippen molar-refractivity contribution in [3.63, 3.8) is 0 Å². The van der Waals surface area contributed by atoms with E-state index in [4.69, 9.17) is 29.6 Å². The van der Waals surface area contributed by atoms with Crippen LogP contribution in [0, 0.1) is 12.3 Å². The Labute approximate surface area is 99.6 Å². The summed E-state index contributed by atoms with van der Waals surface area (Å²) in [5.74, 6) is 0. The SMILES string of the molecule is Cc1c(Cl)cnn1CC1(CC(N)=S)CC1. The predicted octanol–water partition coefficient (Wildman–Crippen LogP) is 2.30. The Morgan fingerprint density at radius 2 is 2.40 bits per heavy atom.